The van der Waals surface area contributed by atoms with Crippen molar-refractivity contribution in [2.75, 3.05) is 0 Å². The zero-order valence-electron chi connectivity index (χ0n) is 17.5. The van der Waals surface area contributed by atoms with Gasteiger partial charge in [0.15, 0.2) is 0 Å². The lowest BCUT2D eigenvalue weighted by Gasteiger charge is -2.10. The van der Waals surface area contributed by atoms with E-state index in [4.69, 9.17) is 34.8 Å². The number of aromatic nitrogens is 3. The molecule has 0 aliphatic carbocycles. The molecule has 0 saturated carbocycles. The third-order valence-electron chi connectivity index (χ3n) is 5.11. The molecule has 0 fully saturated rings. The second-order valence-corrected chi connectivity index (χ2v) is 8.34. The van der Waals surface area contributed by atoms with E-state index in [1.54, 1.807) is 37.4 Å². The highest BCUT2D eigenvalue weighted by Gasteiger charge is 2.14. The lowest BCUT2D eigenvalue weighted by Crippen LogP contribution is -1.95. The second kappa shape index (κ2) is 9.56. The SMILES string of the molecule is Cc1c(-c2ccccn2)nc2c(F)cccc2c1Cl.Cc1c(Cl)nc2c(F)cccc2c1Cl. The Morgan fingerprint density at radius 3 is 1.82 bits per heavy atom. The predicted molar refractivity (Wildman–Crippen MR) is 131 cm³/mol. The number of fused-ring (bicyclic) bond motifs is 2. The average molecular weight is 503 g/mol. The van der Waals surface area contributed by atoms with Gasteiger partial charge in [-0.05, 0) is 43.7 Å². The molecule has 0 spiro atoms. The quantitative estimate of drug-likeness (QED) is 0.216. The van der Waals surface area contributed by atoms with Gasteiger partial charge in [0.05, 0.1) is 21.4 Å². The monoisotopic (exact) mass is 501 g/mol. The topological polar surface area (TPSA) is 38.7 Å². The van der Waals surface area contributed by atoms with E-state index in [1.807, 2.05) is 25.1 Å². The van der Waals surface area contributed by atoms with E-state index in [2.05, 4.69) is 15.0 Å². The first-order chi connectivity index (χ1) is 15.8. The maximum atomic E-state index is 13.9. The van der Waals surface area contributed by atoms with Gasteiger partial charge < -0.3 is 0 Å². The van der Waals surface area contributed by atoms with Gasteiger partial charge in [0, 0.05) is 22.5 Å². The molecular weight excluding hydrogens is 487 g/mol. The number of para-hydroxylation sites is 2. The van der Waals surface area contributed by atoms with Gasteiger partial charge in [-0.1, -0.05) is 65.1 Å². The Balaban J connectivity index is 0.000000165. The minimum atomic E-state index is -0.411. The van der Waals surface area contributed by atoms with Crippen molar-refractivity contribution in [3.05, 3.63) is 98.8 Å². The van der Waals surface area contributed by atoms with Crippen LogP contribution in [-0.2, 0) is 0 Å². The molecule has 0 radical (unpaired) electrons. The van der Waals surface area contributed by atoms with E-state index < -0.39 is 5.82 Å². The summed E-state index contributed by atoms with van der Waals surface area (Å²) in [5.41, 5.74) is 3.27. The Kier molecular flexibility index (Phi) is 6.75. The van der Waals surface area contributed by atoms with Gasteiger partial charge in [-0.2, -0.15) is 0 Å². The lowest BCUT2D eigenvalue weighted by molar-refractivity contribution is 0.636. The van der Waals surface area contributed by atoms with Crippen molar-refractivity contribution in [3.8, 4) is 11.4 Å². The summed E-state index contributed by atoms with van der Waals surface area (Å²) in [5.74, 6) is -0.789. The Labute approximate surface area is 204 Å². The van der Waals surface area contributed by atoms with Gasteiger partial charge in [0.25, 0.3) is 0 Å². The molecule has 0 unspecified atom stereocenters. The summed E-state index contributed by atoms with van der Waals surface area (Å²) in [5, 5.41) is 2.43. The van der Waals surface area contributed by atoms with E-state index in [0.29, 0.717) is 37.8 Å². The van der Waals surface area contributed by atoms with Crippen LogP contribution in [-0.4, -0.2) is 15.0 Å². The zero-order chi connectivity index (χ0) is 23.7. The fourth-order valence-corrected chi connectivity index (χ4v) is 4.05. The Morgan fingerprint density at radius 2 is 1.24 bits per heavy atom. The van der Waals surface area contributed by atoms with Crippen LogP contribution >= 0.6 is 34.8 Å². The molecule has 0 aliphatic heterocycles. The third kappa shape index (κ3) is 4.49. The molecular formula is C25H16Cl3F2N3. The van der Waals surface area contributed by atoms with Crippen LogP contribution in [0.25, 0.3) is 33.2 Å². The van der Waals surface area contributed by atoms with Crippen LogP contribution in [0.4, 0.5) is 8.78 Å². The van der Waals surface area contributed by atoms with Gasteiger partial charge in [0.1, 0.15) is 27.8 Å². The van der Waals surface area contributed by atoms with E-state index in [9.17, 15) is 8.78 Å². The predicted octanol–water partition coefficient (Wildman–Crippen LogP) is 8.39. The first-order valence-electron chi connectivity index (χ1n) is 9.85. The molecule has 3 aromatic heterocycles. The second-order valence-electron chi connectivity index (χ2n) is 7.23. The molecule has 3 nitrogen and oxygen atoms in total. The minimum Gasteiger partial charge on any atom is -0.255 e. The summed E-state index contributed by atoms with van der Waals surface area (Å²) in [7, 11) is 0. The van der Waals surface area contributed by atoms with Crippen LogP contribution < -0.4 is 0 Å². The maximum Gasteiger partial charge on any atom is 0.149 e. The van der Waals surface area contributed by atoms with Gasteiger partial charge >= 0.3 is 0 Å². The molecule has 0 amide bonds. The molecule has 0 N–H and O–H groups in total. The Bertz CT molecular complexity index is 1490. The van der Waals surface area contributed by atoms with Crippen molar-refractivity contribution in [3.63, 3.8) is 0 Å². The number of hydrogen-bond acceptors (Lipinski definition) is 3. The first-order valence-corrected chi connectivity index (χ1v) is 11.0. The number of nitrogens with zero attached hydrogens (tertiary/aromatic N) is 3. The summed E-state index contributed by atoms with van der Waals surface area (Å²) in [6.07, 6.45) is 1.68. The molecule has 8 heteroatoms. The maximum absolute atomic E-state index is 13.9. The molecule has 5 rings (SSSR count). The summed E-state index contributed by atoms with van der Waals surface area (Å²) in [6.45, 7) is 3.62. The smallest absolute Gasteiger partial charge is 0.149 e. The van der Waals surface area contributed by atoms with Crippen molar-refractivity contribution >= 4 is 56.6 Å². The molecule has 2 aromatic carbocycles. The van der Waals surface area contributed by atoms with Crippen LogP contribution in [0.2, 0.25) is 15.2 Å². The number of rotatable bonds is 1. The average Bonchev–Trinajstić information content (AvgIpc) is 2.82. The highest BCUT2D eigenvalue weighted by atomic mass is 35.5. The third-order valence-corrected chi connectivity index (χ3v) is 6.45. The fourth-order valence-electron chi connectivity index (χ4n) is 3.34. The van der Waals surface area contributed by atoms with Gasteiger partial charge in [-0.15, -0.1) is 0 Å². The molecule has 33 heavy (non-hydrogen) atoms. The van der Waals surface area contributed by atoms with Crippen molar-refractivity contribution in [1.29, 1.82) is 0 Å². The summed E-state index contributed by atoms with van der Waals surface area (Å²) in [6, 6.07) is 14.9. The summed E-state index contributed by atoms with van der Waals surface area (Å²) >= 11 is 18.1. The first kappa shape index (κ1) is 23.3. The van der Waals surface area contributed by atoms with Crippen LogP contribution in [0.3, 0.4) is 0 Å². The van der Waals surface area contributed by atoms with Crippen molar-refractivity contribution < 1.29 is 8.78 Å². The van der Waals surface area contributed by atoms with E-state index in [1.165, 1.54) is 12.1 Å². The molecule has 0 saturated heterocycles. The minimum absolute atomic E-state index is 0.216. The Hall–Kier alpha value is -2.86. The zero-order valence-corrected chi connectivity index (χ0v) is 19.8. The van der Waals surface area contributed by atoms with Crippen LogP contribution in [0.15, 0.2) is 60.8 Å². The van der Waals surface area contributed by atoms with Crippen LogP contribution in [0.5, 0.6) is 0 Å². The molecule has 0 bridgehead atoms. The lowest BCUT2D eigenvalue weighted by atomic mass is 10.1. The fraction of sp³-hybridized carbons (Fsp3) is 0.0800. The molecule has 0 atom stereocenters. The van der Waals surface area contributed by atoms with Crippen molar-refractivity contribution in [2.24, 2.45) is 0 Å². The largest absolute Gasteiger partial charge is 0.255 e. The Morgan fingerprint density at radius 1 is 0.667 bits per heavy atom. The van der Waals surface area contributed by atoms with Gasteiger partial charge in [-0.25, -0.2) is 18.7 Å². The van der Waals surface area contributed by atoms with Crippen LogP contribution in [0, 0.1) is 25.5 Å². The number of pyridine rings is 3. The molecule has 3 heterocycles. The standard InChI is InChI=1S/C15H10ClFN2.C10H6Cl2FN/c1-9-13(16)10-5-4-6-11(17)15(10)19-14(9)12-7-2-3-8-18-12;1-5-8(11)6-3-2-4-7(13)9(6)14-10(5)12/h2-8H,1H3;2-4H,1H3. The van der Waals surface area contributed by atoms with E-state index in [0.717, 1.165) is 5.56 Å². The summed E-state index contributed by atoms with van der Waals surface area (Å²) in [4.78, 5) is 12.6. The van der Waals surface area contributed by atoms with E-state index >= 15 is 0 Å². The molecule has 166 valence electrons. The molecule has 5 aromatic rings. The van der Waals surface area contributed by atoms with Gasteiger partial charge in [0.2, 0.25) is 0 Å². The normalized spacial score (nSPS) is 10.9. The highest BCUT2D eigenvalue weighted by Crippen LogP contribution is 2.33. The van der Waals surface area contributed by atoms with Crippen molar-refractivity contribution in [2.45, 2.75) is 13.8 Å². The summed E-state index contributed by atoms with van der Waals surface area (Å²) < 4.78 is 27.2. The molecule has 0 aliphatic rings. The van der Waals surface area contributed by atoms with E-state index in [-0.39, 0.29) is 22.0 Å². The van der Waals surface area contributed by atoms with Crippen molar-refractivity contribution in [1.82, 2.24) is 15.0 Å². The van der Waals surface area contributed by atoms with Crippen LogP contribution in [0.1, 0.15) is 11.1 Å². The number of hydrogen-bond donors (Lipinski definition) is 0. The number of benzene rings is 2. The highest BCUT2D eigenvalue weighted by molar-refractivity contribution is 6.39. The number of halogens is 5. The van der Waals surface area contributed by atoms with Gasteiger partial charge in [-0.3, -0.25) is 4.98 Å².